The molecule has 3 rings (SSSR count). The molecule has 1 N–H and O–H groups in total. The van der Waals surface area contributed by atoms with E-state index in [1.165, 1.54) is 12.8 Å². The summed E-state index contributed by atoms with van der Waals surface area (Å²) >= 11 is 5.92. The van der Waals surface area contributed by atoms with Gasteiger partial charge in [0.05, 0.1) is 18.4 Å². The van der Waals surface area contributed by atoms with Crippen molar-refractivity contribution in [2.24, 2.45) is 4.99 Å². The topological polar surface area (TPSA) is 45.5 Å². The minimum atomic E-state index is 0.631. The Morgan fingerprint density at radius 3 is 2.70 bits per heavy atom. The van der Waals surface area contributed by atoms with Gasteiger partial charge in [0.1, 0.15) is 0 Å². The lowest BCUT2D eigenvalue weighted by Crippen LogP contribution is -2.39. The molecular formula is C17H22ClN5. The van der Waals surface area contributed by atoms with E-state index < -0.39 is 0 Å². The molecule has 1 aliphatic heterocycles. The third-order valence-electron chi connectivity index (χ3n) is 3.88. The molecule has 0 bridgehead atoms. The number of aliphatic imine (C=N–C) groups is 1. The molecule has 0 radical (unpaired) electrons. The smallest absolute Gasteiger partial charge is 0.194 e. The molecule has 1 aromatic carbocycles. The highest BCUT2D eigenvalue weighted by Crippen LogP contribution is 2.14. The summed E-state index contributed by atoms with van der Waals surface area (Å²) in [6.45, 7) is 5.81. The second-order valence-corrected chi connectivity index (χ2v) is 6.07. The van der Waals surface area contributed by atoms with Crippen molar-refractivity contribution in [3.05, 3.63) is 47.2 Å². The molecule has 1 saturated heterocycles. The summed E-state index contributed by atoms with van der Waals surface area (Å²) in [5.41, 5.74) is 2.09. The van der Waals surface area contributed by atoms with Gasteiger partial charge in [-0.1, -0.05) is 11.6 Å². The molecule has 0 unspecified atom stereocenters. The number of nitrogens with zero attached hydrogens (tertiary/aromatic N) is 4. The predicted molar refractivity (Wildman–Crippen MR) is 94.2 cm³/mol. The summed E-state index contributed by atoms with van der Waals surface area (Å²) in [6, 6.07) is 7.65. The molecule has 1 aromatic heterocycles. The summed E-state index contributed by atoms with van der Waals surface area (Å²) in [5.74, 6) is 1.00. The molecule has 0 atom stereocenters. The van der Waals surface area contributed by atoms with Crippen LogP contribution in [0.15, 0.2) is 41.7 Å². The molecule has 2 heterocycles. The van der Waals surface area contributed by atoms with Crippen LogP contribution in [0.5, 0.6) is 0 Å². The van der Waals surface area contributed by atoms with Crippen LogP contribution in [0.3, 0.4) is 0 Å². The minimum Gasteiger partial charge on any atom is -0.357 e. The summed E-state index contributed by atoms with van der Waals surface area (Å²) in [5, 5.41) is 8.51. The van der Waals surface area contributed by atoms with Gasteiger partial charge < -0.3 is 10.2 Å². The first-order valence-corrected chi connectivity index (χ1v) is 8.47. The first-order chi connectivity index (χ1) is 11.3. The van der Waals surface area contributed by atoms with Gasteiger partial charge in [-0.3, -0.25) is 0 Å². The second-order valence-electron chi connectivity index (χ2n) is 5.63. The van der Waals surface area contributed by atoms with Gasteiger partial charge in [-0.25, -0.2) is 9.67 Å². The van der Waals surface area contributed by atoms with Crippen molar-refractivity contribution in [1.82, 2.24) is 20.0 Å². The van der Waals surface area contributed by atoms with E-state index in [0.717, 1.165) is 41.9 Å². The highest BCUT2D eigenvalue weighted by Gasteiger charge is 2.15. The van der Waals surface area contributed by atoms with Crippen LogP contribution in [0.25, 0.3) is 5.69 Å². The quantitative estimate of drug-likeness (QED) is 0.691. The maximum atomic E-state index is 5.92. The minimum absolute atomic E-state index is 0.631. The summed E-state index contributed by atoms with van der Waals surface area (Å²) in [7, 11) is 0. The van der Waals surface area contributed by atoms with Gasteiger partial charge in [-0.2, -0.15) is 5.10 Å². The fraction of sp³-hybridized carbons (Fsp3) is 0.412. The highest BCUT2D eigenvalue weighted by molar-refractivity contribution is 6.30. The van der Waals surface area contributed by atoms with Crippen LogP contribution in [-0.4, -0.2) is 40.3 Å². The third kappa shape index (κ3) is 4.05. The number of aromatic nitrogens is 2. The molecule has 23 heavy (non-hydrogen) atoms. The van der Waals surface area contributed by atoms with E-state index in [1.54, 1.807) is 0 Å². The zero-order valence-corrected chi connectivity index (χ0v) is 14.1. The SMILES string of the molecule is CCNC(=NCc1cnn(-c2ccc(Cl)cc2)c1)N1CCCC1. The van der Waals surface area contributed by atoms with Crippen LogP contribution in [0.2, 0.25) is 5.02 Å². The van der Waals surface area contributed by atoms with Gasteiger partial charge in [0.25, 0.3) is 0 Å². The van der Waals surface area contributed by atoms with Crippen molar-refractivity contribution < 1.29 is 0 Å². The fourth-order valence-electron chi connectivity index (χ4n) is 2.70. The molecule has 0 amide bonds. The lowest BCUT2D eigenvalue weighted by Gasteiger charge is -2.20. The van der Waals surface area contributed by atoms with Crippen molar-refractivity contribution in [2.75, 3.05) is 19.6 Å². The molecule has 2 aromatic rings. The zero-order valence-electron chi connectivity index (χ0n) is 13.4. The van der Waals surface area contributed by atoms with Crippen LogP contribution in [0, 0.1) is 0 Å². The van der Waals surface area contributed by atoms with Crippen molar-refractivity contribution in [3.8, 4) is 5.69 Å². The molecular weight excluding hydrogens is 310 g/mol. The maximum absolute atomic E-state index is 5.92. The molecule has 0 spiro atoms. The summed E-state index contributed by atoms with van der Waals surface area (Å²) < 4.78 is 1.85. The van der Waals surface area contributed by atoms with Crippen LogP contribution in [0.4, 0.5) is 0 Å². The lowest BCUT2D eigenvalue weighted by atomic mass is 10.3. The lowest BCUT2D eigenvalue weighted by molar-refractivity contribution is 0.493. The number of likely N-dealkylation sites (tertiary alicyclic amines) is 1. The Hall–Kier alpha value is -2.01. The summed E-state index contributed by atoms with van der Waals surface area (Å²) in [6.07, 6.45) is 6.38. The van der Waals surface area contributed by atoms with Crippen LogP contribution >= 0.6 is 11.6 Å². The number of hydrogen-bond acceptors (Lipinski definition) is 2. The number of benzene rings is 1. The van der Waals surface area contributed by atoms with Gasteiger partial charge in [-0.05, 0) is 44.0 Å². The molecule has 1 aliphatic rings. The first-order valence-electron chi connectivity index (χ1n) is 8.09. The van der Waals surface area contributed by atoms with E-state index >= 15 is 0 Å². The van der Waals surface area contributed by atoms with Gasteiger partial charge >= 0.3 is 0 Å². The fourth-order valence-corrected chi connectivity index (χ4v) is 2.82. The molecule has 122 valence electrons. The standard InChI is InChI=1S/C17H22ClN5/c1-2-19-17(22-9-3-4-10-22)20-11-14-12-21-23(13-14)16-7-5-15(18)6-8-16/h5-8,12-13H,2-4,9-11H2,1H3,(H,19,20). The Kier molecular flexibility index (Phi) is 5.18. The average Bonchev–Trinajstić information content (AvgIpc) is 3.24. The Labute approximate surface area is 142 Å². The van der Waals surface area contributed by atoms with Crippen LogP contribution in [-0.2, 0) is 6.54 Å². The Morgan fingerprint density at radius 1 is 1.26 bits per heavy atom. The van der Waals surface area contributed by atoms with E-state index in [2.05, 4.69) is 22.2 Å². The van der Waals surface area contributed by atoms with Crippen molar-refractivity contribution in [3.63, 3.8) is 0 Å². The second kappa shape index (κ2) is 7.51. The van der Waals surface area contributed by atoms with Gasteiger partial charge in [-0.15, -0.1) is 0 Å². The number of hydrogen-bond donors (Lipinski definition) is 1. The van der Waals surface area contributed by atoms with E-state index in [9.17, 15) is 0 Å². The van der Waals surface area contributed by atoms with E-state index in [1.807, 2.05) is 41.3 Å². The average molecular weight is 332 g/mol. The summed E-state index contributed by atoms with van der Waals surface area (Å²) in [4.78, 5) is 7.07. The van der Waals surface area contributed by atoms with E-state index in [-0.39, 0.29) is 0 Å². The predicted octanol–water partition coefficient (Wildman–Crippen LogP) is 3.09. The van der Waals surface area contributed by atoms with Gasteiger partial charge in [0.15, 0.2) is 5.96 Å². The third-order valence-corrected chi connectivity index (χ3v) is 4.13. The van der Waals surface area contributed by atoms with E-state index in [4.69, 9.17) is 16.6 Å². The number of rotatable bonds is 4. The van der Waals surface area contributed by atoms with Gasteiger partial charge in [0, 0.05) is 36.4 Å². The van der Waals surface area contributed by atoms with E-state index in [0.29, 0.717) is 6.54 Å². The zero-order chi connectivity index (χ0) is 16.1. The Balaban J connectivity index is 1.69. The van der Waals surface area contributed by atoms with Crippen molar-refractivity contribution >= 4 is 17.6 Å². The Morgan fingerprint density at radius 2 is 2.00 bits per heavy atom. The highest BCUT2D eigenvalue weighted by atomic mass is 35.5. The number of halogens is 1. The molecule has 0 saturated carbocycles. The van der Waals surface area contributed by atoms with Crippen LogP contribution < -0.4 is 5.32 Å². The first kappa shape index (κ1) is 15.9. The molecule has 0 aliphatic carbocycles. The monoisotopic (exact) mass is 331 g/mol. The van der Waals surface area contributed by atoms with Crippen LogP contribution in [0.1, 0.15) is 25.3 Å². The maximum Gasteiger partial charge on any atom is 0.194 e. The molecule has 5 nitrogen and oxygen atoms in total. The molecule has 1 fully saturated rings. The molecule has 6 heteroatoms. The van der Waals surface area contributed by atoms with Crippen molar-refractivity contribution in [1.29, 1.82) is 0 Å². The number of nitrogens with one attached hydrogen (secondary N) is 1. The van der Waals surface area contributed by atoms with Gasteiger partial charge in [0.2, 0.25) is 0 Å². The van der Waals surface area contributed by atoms with Crippen molar-refractivity contribution in [2.45, 2.75) is 26.3 Å². The normalized spacial score (nSPS) is 15.2. The Bertz CT molecular complexity index is 656. The largest absolute Gasteiger partial charge is 0.357 e. The number of guanidine groups is 1.